The Morgan fingerprint density at radius 1 is 1.18 bits per heavy atom. The highest BCUT2D eigenvalue weighted by molar-refractivity contribution is 7.14. The van der Waals surface area contributed by atoms with Crippen LogP contribution in [0.3, 0.4) is 0 Å². The van der Waals surface area contributed by atoms with Gasteiger partial charge in [-0.25, -0.2) is 0 Å². The molecule has 0 saturated carbocycles. The molecule has 0 radical (unpaired) electrons. The molecule has 1 aliphatic carbocycles. The SMILES string of the molecule is COC1=CC=C(n2cccc2-c2scc3c2OCCO3)CC1. The zero-order valence-electron chi connectivity index (χ0n) is 12.4. The van der Waals surface area contributed by atoms with Crippen LogP contribution in [0.1, 0.15) is 12.8 Å². The van der Waals surface area contributed by atoms with Gasteiger partial charge in [-0.15, -0.1) is 11.3 Å². The molecule has 0 bridgehead atoms. The molecule has 0 fully saturated rings. The predicted molar refractivity (Wildman–Crippen MR) is 87.3 cm³/mol. The first-order valence-corrected chi connectivity index (χ1v) is 8.23. The van der Waals surface area contributed by atoms with Gasteiger partial charge in [-0.1, -0.05) is 0 Å². The quantitative estimate of drug-likeness (QED) is 0.853. The van der Waals surface area contributed by atoms with E-state index >= 15 is 0 Å². The second kappa shape index (κ2) is 5.57. The van der Waals surface area contributed by atoms with Crippen LogP contribution in [0.5, 0.6) is 11.5 Å². The van der Waals surface area contributed by atoms with Gasteiger partial charge in [0, 0.05) is 23.7 Å². The maximum absolute atomic E-state index is 5.82. The van der Waals surface area contributed by atoms with E-state index in [9.17, 15) is 0 Å². The van der Waals surface area contributed by atoms with Crippen molar-refractivity contribution in [2.45, 2.75) is 12.8 Å². The molecular formula is C17H17NO3S. The molecule has 3 heterocycles. The van der Waals surface area contributed by atoms with Crippen LogP contribution < -0.4 is 9.47 Å². The summed E-state index contributed by atoms with van der Waals surface area (Å²) in [7, 11) is 1.72. The summed E-state index contributed by atoms with van der Waals surface area (Å²) in [5.74, 6) is 2.77. The van der Waals surface area contributed by atoms with Crippen LogP contribution in [-0.4, -0.2) is 24.9 Å². The van der Waals surface area contributed by atoms with Crippen molar-refractivity contribution in [1.82, 2.24) is 4.57 Å². The highest BCUT2D eigenvalue weighted by Gasteiger charge is 2.22. The predicted octanol–water partition coefficient (Wildman–Crippen LogP) is 4.15. The van der Waals surface area contributed by atoms with Crippen molar-refractivity contribution in [3.63, 3.8) is 0 Å². The molecule has 1 aliphatic heterocycles. The number of rotatable bonds is 3. The van der Waals surface area contributed by atoms with Gasteiger partial charge in [-0.2, -0.15) is 0 Å². The third-order valence-electron chi connectivity index (χ3n) is 3.94. The Kier molecular flexibility index (Phi) is 3.42. The average Bonchev–Trinajstić information content (AvgIpc) is 3.21. The lowest BCUT2D eigenvalue weighted by molar-refractivity contribution is 0.174. The molecule has 0 amide bonds. The number of nitrogens with zero attached hydrogens (tertiary/aromatic N) is 1. The molecule has 2 aromatic rings. The molecule has 0 aromatic carbocycles. The fourth-order valence-electron chi connectivity index (χ4n) is 2.83. The van der Waals surface area contributed by atoms with E-state index in [0.29, 0.717) is 13.2 Å². The van der Waals surface area contributed by atoms with Gasteiger partial charge in [-0.05, 0) is 30.7 Å². The summed E-state index contributed by atoms with van der Waals surface area (Å²) in [6.07, 6.45) is 8.17. The van der Waals surface area contributed by atoms with Crippen molar-refractivity contribution in [1.29, 1.82) is 0 Å². The number of hydrogen-bond acceptors (Lipinski definition) is 4. The van der Waals surface area contributed by atoms with Gasteiger partial charge in [0.25, 0.3) is 0 Å². The lowest BCUT2D eigenvalue weighted by Crippen LogP contribution is -2.14. The fourth-order valence-corrected chi connectivity index (χ4v) is 3.79. The molecule has 114 valence electrons. The minimum absolute atomic E-state index is 0.611. The van der Waals surface area contributed by atoms with Gasteiger partial charge in [-0.3, -0.25) is 0 Å². The molecule has 0 spiro atoms. The second-order valence-corrected chi connectivity index (χ2v) is 6.09. The topological polar surface area (TPSA) is 32.6 Å². The number of methoxy groups -OCH3 is 1. The summed E-state index contributed by atoms with van der Waals surface area (Å²) in [4.78, 5) is 1.13. The minimum atomic E-state index is 0.611. The molecule has 4 nitrogen and oxygen atoms in total. The van der Waals surface area contributed by atoms with E-state index in [-0.39, 0.29) is 0 Å². The fraction of sp³-hybridized carbons (Fsp3) is 0.294. The summed E-state index contributed by atoms with van der Waals surface area (Å²) in [6, 6.07) is 4.20. The monoisotopic (exact) mass is 315 g/mol. The number of hydrogen-bond donors (Lipinski definition) is 0. The summed E-state index contributed by atoms with van der Waals surface area (Å²) in [5.41, 5.74) is 2.41. The maximum atomic E-state index is 5.82. The maximum Gasteiger partial charge on any atom is 0.181 e. The Morgan fingerprint density at radius 3 is 2.91 bits per heavy atom. The zero-order valence-corrected chi connectivity index (χ0v) is 13.2. The van der Waals surface area contributed by atoms with Crippen LogP contribution >= 0.6 is 11.3 Å². The largest absolute Gasteiger partial charge is 0.501 e. The summed E-state index contributed by atoms with van der Waals surface area (Å²) in [6.45, 7) is 1.24. The van der Waals surface area contributed by atoms with Crippen molar-refractivity contribution >= 4 is 17.0 Å². The number of fused-ring (bicyclic) bond motifs is 1. The molecule has 0 unspecified atom stereocenters. The lowest BCUT2D eigenvalue weighted by atomic mass is 10.1. The third-order valence-corrected chi connectivity index (χ3v) is 4.91. The van der Waals surface area contributed by atoms with Crippen molar-refractivity contribution in [2.24, 2.45) is 0 Å². The van der Waals surface area contributed by atoms with Gasteiger partial charge in [0.15, 0.2) is 11.5 Å². The second-order valence-electron chi connectivity index (χ2n) is 5.21. The number of thiophene rings is 1. The number of allylic oxidation sites excluding steroid dienone is 4. The van der Waals surface area contributed by atoms with Crippen molar-refractivity contribution in [3.05, 3.63) is 41.6 Å². The minimum Gasteiger partial charge on any atom is -0.501 e. The van der Waals surface area contributed by atoms with E-state index in [4.69, 9.17) is 14.2 Å². The first-order valence-electron chi connectivity index (χ1n) is 7.36. The van der Waals surface area contributed by atoms with E-state index < -0.39 is 0 Å². The molecule has 0 saturated heterocycles. The van der Waals surface area contributed by atoms with E-state index in [1.807, 2.05) is 11.5 Å². The van der Waals surface area contributed by atoms with Crippen LogP contribution in [0.2, 0.25) is 0 Å². The molecule has 0 atom stereocenters. The third kappa shape index (κ3) is 2.22. The van der Waals surface area contributed by atoms with Gasteiger partial charge in [0.2, 0.25) is 0 Å². The van der Waals surface area contributed by atoms with E-state index in [0.717, 1.165) is 40.7 Å². The Bertz CT molecular complexity index is 754. The van der Waals surface area contributed by atoms with Crippen LogP contribution in [0.25, 0.3) is 16.3 Å². The Balaban J connectivity index is 1.74. The van der Waals surface area contributed by atoms with Gasteiger partial charge < -0.3 is 18.8 Å². The van der Waals surface area contributed by atoms with Crippen LogP contribution in [-0.2, 0) is 4.74 Å². The van der Waals surface area contributed by atoms with Crippen molar-refractivity contribution < 1.29 is 14.2 Å². The van der Waals surface area contributed by atoms with E-state index in [1.165, 1.54) is 5.70 Å². The van der Waals surface area contributed by atoms with Gasteiger partial charge in [0.1, 0.15) is 13.2 Å². The molecule has 5 heteroatoms. The Morgan fingerprint density at radius 2 is 2.09 bits per heavy atom. The average molecular weight is 315 g/mol. The number of aromatic nitrogens is 1. The van der Waals surface area contributed by atoms with E-state index in [2.05, 4.69) is 29.0 Å². The van der Waals surface area contributed by atoms with Crippen LogP contribution in [0.15, 0.2) is 41.6 Å². The summed E-state index contributed by atoms with van der Waals surface area (Å²) >= 11 is 1.67. The Hall–Kier alpha value is -2.14. The highest BCUT2D eigenvalue weighted by Crippen LogP contribution is 2.46. The zero-order chi connectivity index (χ0) is 14.9. The number of ether oxygens (including phenoxy) is 3. The van der Waals surface area contributed by atoms with Crippen molar-refractivity contribution in [3.8, 4) is 22.1 Å². The smallest absolute Gasteiger partial charge is 0.181 e. The van der Waals surface area contributed by atoms with E-state index in [1.54, 1.807) is 18.4 Å². The first kappa shape index (κ1) is 13.5. The standard InChI is InChI=1S/C17H17NO3S/c1-19-13-6-4-12(5-7-13)18-8-2-3-14(18)17-16-15(11-22-17)20-9-10-21-16/h2-4,6,8,11H,5,7,9-10H2,1H3. The normalized spacial score (nSPS) is 17.0. The molecule has 2 aliphatic rings. The van der Waals surface area contributed by atoms with Gasteiger partial charge in [0.05, 0.1) is 23.4 Å². The van der Waals surface area contributed by atoms with Crippen molar-refractivity contribution in [2.75, 3.05) is 20.3 Å². The summed E-state index contributed by atoms with van der Waals surface area (Å²) in [5, 5.41) is 2.03. The van der Waals surface area contributed by atoms with Crippen LogP contribution in [0.4, 0.5) is 0 Å². The van der Waals surface area contributed by atoms with Gasteiger partial charge >= 0.3 is 0 Å². The molecule has 0 N–H and O–H groups in total. The summed E-state index contributed by atoms with van der Waals surface area (Å²) < 4.78 is 19.0. The lowest BCUT2D eigenvalue weighted by Gasteiger charge is -2.19. The molecule has 4 rings (SSSR count). The molecule has 22 heavy (non-hydrogen) atoms. The first-order chi connectivity index (χ1) is 10.9. The molecular weight excluding hydrogens is 298 g/mol. The Labute approximate surface area is 133 Å². The van der Waals surface area contributed by atoms with Crippen LogP contribution in [0, 0.1) is 0 Å². The highest BCUT2D eigenvalue weighted by atomic mass is 32.1. The molecule has 2 aromatic heterocycles.